The van der Waals surface area contributed by atoms with Crippen molar-refractivity contribution >= 4 is 45.3 Å². The van der Waals surface area contributed by atoms with Gasteiger partial charge in [0.25, 0.3) is 0 Å². The molecule has 9 heteroatoms. The fourth-order valence-electron chi connectivity index (χ4n) is 4.17. The van der Waals surface area contributed by atoms with Crippen molar-refractivity contribution in [3.8, 4) is 5.69 Å². The lowest BCUT2D eigenvalue weighted by Gasteiger charge is -2.39. The van der Waals surface area contributed by atoms with Crippen LogP contribution in [0.1, 0.15) is 11.1 Å². The second-order valence-corrected chi connectivity index (χ2v) is 9.88. The van der Waals surface area contributed by atoms with Gasteiger partial charge in [0, 0.05) is 35.9 Å². The molecule has 3 heterocycles. The summed E-state index contributed by atoms with van der Waals surface area (Å²) in [4.78, 5) is 26.3. The van der Waals surface area contributed by atoms with Crippen LogP contribution in [-0.4, -0.2) is 63.3 Å². The van der Waals surface area contributed by atoms with Crippen LogP contribution in [0.15, 0.2) is 61.1 Å². The minimum absolute atomic E-state index is 0.0198. The summed E-state index contributed by atoms with van der Waals surface area (Å²) in [6.45, 7) is 4.67. The molecular formula is C25H26IN7O. The van der Waals surface area contributed by atoms with Crippen LogP contribution in [0.3, 0.4) is 0 Å². The normalized spacial score (nSPS) is 16.7. The number of benzene rings is 2. The number of anilines is 1. The maximum absolute atomic E-state index is 13.1. The molecule has 1 aliphatic rings. The van der Waals surface area contributed by atoms with E-state index in [0.717, 1.165) is 35.5 Å². The lowest BCUT2D eigenvalue weighted by atomic mass is 10.1. The van der Waals surface area contributed by atoms with Gasteiger partial charge in [0.05, 0.1) is 11.1 Å². The van der Waals surface area contributed by atoms with Gasteiger partial charge in [-0.2, -0.15) is 0 Å². The second-order valence-electron chi connectivity index (χ2n) is 8.63. The van der Waals surface area contributed by atoms with E-state index < -0.39 is 0 Å². The smallest absolute Gasteiger partial charge is 0.239 e. The predicted molar refractivity (Wildman–Crippen MR) is 141 cm³/mol. The van der Waals surface area contributed by atoms with Gasteiger partial charge in [0.1, 0.15) is 18.2 Å². The van der Waals surface area contributed by atoms with Crippen LogP contribution in [0, 0.1) is 10.5 Å². The molecule has 1 fully saturated rings. The van der Waals surface area contributed by atoms with Crippen molar-refractivity contribution in [2.45, 2.75) is 19.5 Å². The number of rotatable bonds is 5. The Morgan fingerprint density at radius 1 is 1.09 bits per heavy atom. The number of fused-ring (bicyclic) bond motifs is 1. The van der Waals surface area contributed by atoms with Gasteiger partial charge in [0.2, 0.25) is 5.91 Å². The zero-order valence-electron chi connectivity index (χ0n) is 19.1. The largest absolute Gasteiger partial charge is 0.353 e. The molecule has 5 rings (SSSR count). The van der Waals surface area contributed by atoms with E-state index in [9.17, 15) is 4.79 Å². The standard InChI is InChI=1S/C25H26IN7O/c1-17-3-9-20(10-4-17)33-14-21-23(30-33)28-16-29-24(21)32-12-11-31(2)22(15-32)25(34)27-13-18-5-7-19(26)8-6-18/h3-10,14,16,22H,11-13,15H2,1-2H3,(H,27,34). The maximum atomic E-state index is 13.1. The summed E-state index contributed by atoms with van der Waals surface area (Å²) in [6.07, 6.45) is 3.52. The van der Waals surface area contributed by atoms with Crippen molar-refractivity contribution in [3.63, 3.8) is 0 Å². The van der Waals surface area contributed by atoms with E-state index in [2.05, 4.69) is 71.8 Å². The molecule has 1 unspecified atom stereocenters. The summed E-state index contributed by atoms with van der Waals surface area (Å²) in [7, 11) is 2.00. The van der Waals surface area contributed by atoms with Crippen molar-refractivity contribution in [1.29, 1.82) is 0 Å². The van der Waals surface area contributed by atoms with Crippen LogP contribution in [0.2, 0.25) is 0 Å². The number of aryl methyl sites for hydroxylation is 1. The van der Waals surface area contributed by atoms with Crippen LogP contribution in [0.25, 0.3) is 16.7 Å². The Bertz CT molecular complexity index is 1300. The molecule has 2 aromatic carbocycles. The molecule has 4 aromatic rings. The molecule has 0 radical (unpaired) electrons. The molecule has 34 heavy (non-hydrogen) atoms. The molecule has 0 saturated carbocycles. The van der Waals surface area contributed by atoms with Gasteiger partial charge in [-0.05, 0) is 66.4 Å². The highest BCUT2D eigenvalue weighted by atomic mass is 127. The van der Waals surface area contributed by atoms with Crippen LogP contribution in [0.5, 0.6) is 0 Å². The zero-order valence-corrected chi connectivity index (χ0v) is 21.3. The Hall–Kier alpha value is -3.05. The first kappa shape index (κ1) is 22.7. The third-order valence-corrected chi connectivity index (χ3v) is 6.94. The van der Waals surface area contributed by atoms with Crippen LogP contribution in [0.4, 0.5) is 5.82 Å². The number of carbonyl (C=O) groups is 1. The van der Waals surface area contributed by atoms with Crippen LogP contribution in [-0.2, 0) is 11.3 Å². The Balaban J connectivity index is 1.35. The average Bonchev–Trinajstić information content (AvgIpc) is 3.29. The highest BCUT2D eigenvalue weighted by molar-refractivity contribution is 14.1. The number of hydrogen-bond acceptors (Lipinski definition) is 6. The van der Waals surface area contributed by atoms with Crippen molar-refractivity contribution in [3.05, 3.63) is 75.8 Å². The monoisotopic (exact) mass is 567 g/mol. The Kier molecular flexibility index (Phi) is 6.46. The van der Waals surface area contributed by atoms with E-state index in [1.54, 1.807) is 6.33 Å². The number of nitrogens with one attached hydrogen (secondary N) is 1. The molecule has 1 N–H and O–H groups in total. The summed E-state index contributed by atoms with van der Waals surface area (Å²) in [5, 5.41) is 8.63. The number of likely N-dealkylation sites (N-methyl/N-ethyl adjacent to an activating group) is 1. The maximum Gasteiger partial charge on any atom is 0.239 e. The molecule has 0 bridgehead atoms. The summed E-state index contributed by atoms with van der Waals surface area (Å²) in [6, 6.07) is 16.1. The first-order chi connectivity index (χ1) is 16.5. The first-order valence-corrected chi connectivity index (χ1v) is 12.3. The summed E-state index contributed by atoms with van der Waals surface area (Å²) >= 11 is 2.28. The van der Waals surface area contributed by atoms with Crippen molar-refractivity contribution in [1.82, 2.24) is 30.0 Å². The quantitative estimate of drug-likeness (QED) is 0.374. The SMILES string of the molecule is Cc1ccc(-n2cc3c(N4CCN(C)C(C(=O)NCc5ccc(I)cc5)C4)ncnc3n2)cc1. The number of aromatic nitrogens is 4. The van der Waals surface area contributed by atoms with Gasteiger partial charge in [-0.15, -0.1) is 5.10 Å². The van der Waals surface area contributed by atoms with Crippen molar-refractivity contribution < 1.29 is 4.79 Å². The molecule has 174 valence electrons. The van der Waals surface area contributed by atoms with E-state index in [4.69, 9.17) is 0 Å². The van der Waals surface area contributed by atoms with Crippen LogP contribution >= 0.6 is 22.6 Å². The summed E-state index contributed by atoms with van der Waals surface area (Å²) in [5.74, 6) is 0.832. The molecular weight excluding hydrogens is 541 g/mol. The minimum atomic E-state index is -0.269. The topological polar surface area (TPSA) is 79.2 Å². The van der Waals surface area contributed by atoms with Crippen molar-refractivity contribution in [2.24, 2.45) is 0 Å². The number of hydrogen-bond donors (Lipinski definition) is 1. The molecule has 1 aliphatic heterocycles. The number of carbonyl (C=O) groups excluding carboxylic acids is 1. The number of amides is 1. The third-order valence-electron chi connectivity index (χ3n) is 6.22. The molecule has 0 spiro atoms. The highest BCUT2D eigenvalue weighted by Crippen LogP contribution is 2.25. The van der Waals surface area contributed by atoms with Gasteiger partial charge < -0.3 is 10.2 Å². The molecule has 1 atom stereocenters. The van der Waals surface area contributed by atoms with Gasteiger partial charge in [0.15, 0.2) is 5.65 Å². The minimum Gasteiger partial charge on any atom is -0.353 e. The molecule has 8 nitrogen and oxygen atoms in total. The lowest BCUT2D eigenvalue weighted by molar-refractivity contribution is -0.126. The van der Waals surface area contributed by atoms with Crippen molar-refractivity contribution in [2.75, 3.05) is 31.6 Å². The molecule has 1 amide bonds. The van der Waals surface area contributed by atoms with E-state index in [1.807, 2.05) is 54.3 Å². The Morgan fingerprint density at radius 3 is 2.62 bits per heavy atom. The predicted octanol–water partition coefficient (Wildman–Crippen LogP) is 3.17. The van der Waals surface area contributed by atoms with Gasteiger partial charge in [-0.3, -0.25) is 9.69 Å². The summed E-state index contributed by atoms with van der Waals surface area (Å²) in [5.41, 5.74) is 3.90. The third kappa shape index (κ3) is 4.76. The number of nitrogens with zero attached hydrogens (tertiary/aromatic N) is 6. The van der Waals surface area contributed by atoms with E-state index in [-0.39, 0.29) is 11.9 Å². The second kappa shape index (κ2) is 9.67. The lowest BCUT2D eigenvalue weighted by Crippen LogP contribution is -2.57. The molecule has 2 aromatic heterocycles. The van der Waals surface area contributed by atoms with E-state index >= 15 is 0 Å². The van der Waals surface area contributed by atoms with E-state index in [0.29, 0.717) is 18.7 Å². The van der Waals surface area contributed by atoms with E-state index in [1.165, 1.54) is 9.13 Å². The fourth-order valence-corrected chi connectivity index (χ4v) is 4.53. The number of piperazine rings is 1. The number of halogens is 1. The van der Waals surface area contributed by atoms with Gasteiger partial charge in [-0.25, -0.2) is 14.6 Å². The molecule has 1 saturated heterocycles. The van der Waals surface area contributed by atoms with Gasteiger partial charge in [-0.1, -0.05) is 29.8 Å². The molecule has 0 aliphatic carbocycles. The Morgan fingerprint density at radius 2 is 1.85 bits per heavy atom. The fraction of sp³-hybridized carbons (Fsp3) is 0.280. The zero-order chi connectivity index (χ0) is 23.7. The summed E-state index contributed by atoms with van der Waals surface area (Å²) < 4.78 is 3.01. The van der Waals surface area contributed by atoms with Gasteiger partial charge >= 0.3 is 0 Å². The first-order valence-electron chi connectivity index (χ1n) is 11.2. The van der Waals surface area contributed by atoms with Crippen LogP contribution < -0.4 is 10.2 Å². The average molecular weight is 567 g/mol. The Labute approximate surface area is 212 Å². The highest BCUT2D eigenvalue weighted by Gasteiger charge is 2.31.